The largest absolute Gasteiger partial charge is 0.476 e. The van der Waals surface area contributed by atoms with Crippen molar-refractivity contribution in [2.24, 2.45) is 0 Å². The lowest BCUT2D eigenvalue weighted by Gasteiger charge is -2.36. The van der Waals surface area contributed by atoms with Crippen LogP contribution in [-0.2, 0) is 10.2 Å². The molecule has 0 unspecified atom stereocenters. The van der Waals surface area contributed by atoms with Crippen LogP contribution in [0.1, 0.15) is 35.3 Å². The first-order valence-electron chi connectivity index (χ1n) is 9.91. The Bertz CT molecular complexity index is 1510. The van der Waals surface area contributed by atoms with Gasteiger partial charge in [0.15, 0.2) is 17.3 Å². The maximum Gasteiger partial charge on any atom is 0.362 e. The van der Waals surface area contributed by atoms with Gasteiger partial charge in [-0.1, -0.05) is 29.6 Å². The summed E-state index contributed by atoms with van der Waals surface area (Å²) in [6.45, 7) is 0. The number of amides is 1. The molecule has 2 aliphatic rings. The molecule has 3 N–H and O–H groups in total. The number of ether oxygens (including phenoxy) is 1. The van der Waals surface area contributed by atoms with E-state index in [0.717, 1.165) is 6.42 Å². The summed E-state index contributed by atoms with van der Waals surface area (Å²) in [5, 5.41) is 15.0. The number of aromatic nitrogens is 3. The van der Waals surface area contributed by atoms with Crippen LogP contribution < -0.4 is 21.3 Å². The topological polar surface area (TPSA) is 143 Å². The molecule has 10 nitrogen and oxygen atoms in total. The van der Waals surface area contributed by atoms with E-state index in [4.69, 9.17) is 33.0 Å². The molecule has 0 atom stereocenters. The number of anilines is 1. The van der Waals surface area contributed by atoms with E-state index in [2.05, 4.69) is 10.4 Å². The van der Waals surface area contributed by atoms with E-state index in [1.807, 2.05) is 4.98 Å². The molecule has 0 bridgehead atoms. The number of aromatic carboxylic acids is 1. The number of fused-ring (bicyclic) bond motifs is 2. The number of rotatable bonds is 4. The third kappa shape index (κ3) is 3.19. The number of carbonyl (C=O) groups is 2. The molecule has 1 aromatic heterocycles. The normalized spacial score (nSPS) is 15.6. The van der Waals surface area contributed by atoms with Crippen LogP contribution in [0.15, 0.2) is 33.9 Å². The maximum absolute atomic E-state index is 15.4. The van der Waals surface area contributed by atoms with E-state index in [1.54, 1.807) is 0 Å². The van der Waals surface area contributed by atoms with Crippen LogP contribution in [-0.4, -0.2) is 31.7 Å². The van der Waals surface area contributed by atoms with E-state index in [1.165, 1.54) is 24.3 Å². The summed E-state index contributed by atoms with van der Waals surface area (Å²) >= 11 is 12.6. The average Bonchev–Trinajstić information content (AvgIpc) is 3.04. The Balaban J connectivity index is 1.55. The van der Waals surface area contributed by atoms with Gasteiger partial charge in [0.05, 0.1) is 21.1 Å². The molecular formula is C21H13Cl2FN4O6. The molecule has 0 saturated heterocycles. The Morgan fingerprint density at radius 2 is 1.85 bits per heavy atom. The van der Waals surface area contributed by atoms with E-state index in [9.17, 15) is 19.2 Å². The van der Waals surface area contributed by atoms with Crippen LogP contribution in [0.4, 0.5) is 10.1 Å². The van der Waals surface area contributed by atoms with Crippen molar-refractivity contribution in [1.29, 1.82) is 0 Å². The highest BCUT2D eigenvalue weighted by molar-refractivity contribution is 6.37. The molecule has 3 aromatic rings. The number of carboxylic acids is 1. The molecule has 34 heavy (non-hydrogen) atoms. The molecule has 2 aromatic carbocycles. The minimum absolute atomic E-state index is 0.0660. The maximum atomic E-state index is 15.4. The summed E-state index contributed by atoms with van der Waals surface area (Å²) in [7, 11) is 0. The van der Waals surface area contributed by atoms with Gasteiger partial charge in [-0.05, 0) is 37.1 Å². The van der Waals surface area contributed by atoms with Crippen LogP contribution >= 0.6 is 23.2 Å². The number of hydrogen-bond donors (Lipinski definition) is 3. The molecule has 174 valence electrons. The summed E-state index contributed by atoms with van der Waals surface area (Å²) in [5.74, 6) is -2.94. The van der Waals surface area contributed by atoms with Gasteiger partial charge in [0.1, 0.15) is 0 Å². The van der Waals surface area contributed by atoms with Crippen molar-refractivity contribution >= 4 is 40.8 Å². The molecule has 1 aliphatic heterocycles. The molecule has 0 radical (unpaired) electrons. The quantitative estimate of drug-likeness (QED) is 0.492. The zero-order valence-electron chi connectivity index (χ0n) is 16.9. The van der Waals surface area contributed by atoms with Gasteiger partial charge < -0.3 is 15.2 Å². The van der Waals surface area contributed by atoms with Crippen molar-refractivity contribution in [3.8, 4) is 17.2 Å². The second kappa shape index (κ2) is 7.67. The molecule has 1 spiro atoms. The van der Waals surface area contributed by atoms with Crippen molar-refractivity contribution in [2.45, 2.75) is 24.7 Å². The first-order chi connectivity index (χ1) is 16.1. The lowest BCUT2D eigenvalue weighted by atomic mass is 9.65. The monoisotopic (exact) mass is 506 g/mol. The van der Waals surface area contributed by atoms with Gasteiger partial charge in [-0.15, -0.1) is 0 Å². The highest BCUT2D eigenvalue weighted by Gasteiger charge is 2.53. The van der Waals surface area contributed by atoms with Crippen LogP contribution in [0.3, 0.4) is 0 Å². The number of halogens is 3. The molecule has 1 saturated carbocycles. The predicted molar refractivity (Wildman–Crippen MR) is 118 cm³/mol. The lowest BCUT2D eigenvalue weighted by molar-refractivity contribution is -0.123. The summed E-state index contributed by atoms with van der Waals surface area (Å²) < 4.78 is 21.7. The Hall–Kier alpha value is -3.70. The highest BCUT2D eigenvalue weighted by Crippen LogP contribution is 2.53. The van der Waals surface area contributed by atoms with Gasteiger partial charge in [0.2, 0.25) is 11.6 Å². The van der Waals surface area contributed by atoms with Crippen LogP contribution in [0.5, 0.6) is 11.5 Å². The number of benzene rings is 2. The van der Waals surface area contributed by atoms with Crippen LogP contribution in [0, 0.1) is 5.82 Å². The third-order valence-corrected chi connectivity index (χ3v) is 6.51. The molecular weight excluding hydrogens is 494 g/mol. The number of H-pyrrole nitrogens is 1. The van der Waals surface area contributed by atoms with Gasteiger partial charge >= 0.3 is 11.7 Å². The Labute approximate surface area is 198 Å². The number of carboxylic acid groups (broad SMARTS) is 1. The zero-order valence-corrected chi connectivity index (χ0v) is 18.5. The Morgan fingerprint density at radius 3 is 2.44 bits per heavy atom. The number of aromatic amines is 1. The number of nitrogens with one attached hydrogen (secondary N) is 2. The Kier molecular flexibility index (Phi) is 4.99. The molecule has 2 heterocycles. The molecule has 1 aliphatic carbocycles. The van der Waals surface area contributed by atoms with Crippen LogP contribution in [0.2, 0.25) is 10.0 Å². The van der Waals surface area contributed by atoms with Crippen LogP contribution in [0.25, 0.3) is 5.69 Å². The summed E-state index contributed by atoms with van der Waals surface area (Å²) in [5.41, 5.74) is -3.45. The summed E-state index contributed by atoms with van der Waals surface area (Å²) in [6.07, 6.45) is 1.86. The predicted octanol–water partition coefficient (Wildman–Crippen LogP) is 3.23. The fraction of sp³-hybridized carbons (Fsp3) is 0.190. The molecule has 5 rings (SSSR count). The standard InChI is InChI=1S/C21H13Cl2FN4O6/c22-9-6-8(28-20(33)26-17(29)15(27-28)18(30)31)7-10(23)16(9)34-12-3-2-11-13(14(12)24)21(4-1-5-21)19(32)25-11/h2-3,6-7H,1,4-5H2,(H,25,32)(H,30,31)(H,26,29,33). The first-order valence-corrected chi connectivity index (χ1v) is 10.7. The number of nitrogens with zero attached hydrogens (tertiary/aromatic N) is 2. The van der Waals surface area contributed by atoms with Crippen molar-refractivity contribution in [3.63, 3.8) is 0 Å². The number of hydrogen-bond acceptors (Lipinski definition) is 6. The lowest BCUT2D eigenvalue weighted by Crippen LogP contribution is -2.41. The fourth-order valence-corrected chi connectivity index (χ4v) is 4.71. The van der Waals surface area contributed by atoms with Crippen molar-refractivity contribution in [1.82, 2.24) is 14.8 Å². The molecule has 1 amide bonds. The van der Waals surface area contributed by atoms with Gasteiger partial charge in [0, 0.05) is 11.3 Å². The van der Waals surface area contributed by atoms with E-state index < -0.39 is 34.1 Å². The third-order valence-electron chi connectivity index (χ3n) is 5.95. The van der Waals surface area contributed by atoms with Crippen molar-refractivity contribution in [3.05, 3.63) is 72.2 Å². The SMILES string of the molecule is O=C(O)c1nn(-c2cc(Cl)c(Oc3ccc4c(c3F)C3(CCC3)C(=O)N4)c(Cl)c2)c(=O)[nH]c1=O. The fourth-order valence-electron chi connectivity index (χ4n) is 4.16. The minimum Gasteiger partial charge on any atom is -0.476 e. The smallest absolute Gasteiger partial charge is 0.362 e. The molecule has 1 fully saturated rings. The van der Waals surface area contributed by atoms with E-state index in [0.29, 0.717) is 23.2 Å². The number of carbonyl (C=O) groups excluding carboxylic acids is 1. The summed E-state index contributed by atoms with van der Waals surface area (Å²) in [4.78, 5) is 49.2. The second-order valence-corrected chi connectivity index (χ2v) is 8.67. The zero-order chi connectivity index (χ0) is 24.4. The minimum atomic E-state index is -1.64. The van der Waals surface area contributed by atoms with Crippen molar-refractivity contribution in [2.75, 3.05) is 5.32 Å². The second-order valence-electron chi connectivity index (χ2n) is 7.86. The first kappa shape index (κ1) is 22.1. The highest BCUT2D eigenvalue weighted by atomic mass is 35.5. The van der Waals surface area contributed by atoms with Gasteiger partial charge in [0.25, 0.3) is 5.56 Å². The van der Waals surface area contributed by atoms with Gasteiger partial charge in [-0.25, -0.2) is 14.0 Å². The van der Waals surface area contributed by atoms with Gasteiger partial charge in [-0.3, -0.25) is 14.6 Å². The molecule has 13 heteroatoms. The summed E-state index contributed by atoms with van der Waals surface area (Å²) in [6, 6.07) is 5.24. The van der Waals surface area contributed by atoms with E-state index in [-0.39, 0.29) is 38.7 Å². The van der Waals surface area contributed by atoms with Gasteiger partial charge in [-0.2, -0.15) is 9.78 Å². The average molecular weight is 507 g/mol. The van der Waals surface area contributed by atoms with E-state index >= 15 is 4.39 Å². The van der Waals surface area contributed by atoms with Crippen molar-refractivity contribution < 1.29 is 23.8 Å². The Morgan fingerprint density at radius 1 is 1.18 bits per heavy atom.